The van der Waals surface area contributed by atoms with Crippen LogP contribution in [0.25, 0.3) is 10.9 Å². The zero-order valence-electron chi connectivity index (χ0n) is 15.2. The first-order valence-corrected chi connectivity index (χ1v) is 8.83. The third-order valence-electron chi connectivity index (χ3n) is 4.52. The summed E-state index contributed by atoms with van der Waals surface area (Å²) in [5.74, 6) is -4.33. The van der Waals surface area contributed by atoms with E-state index in [1.165, 1.54) is 12.3 Å². The Hall–Kier alpha value is -3.22. The number of likely N-dealkylation sites (tertiary alicyclic amines) is 1. The maximum absolute atomic E-state index is 13.5. The first-order valence-electron chi connectivity index (χ1n) is 8.83. The van der Waals surface area contributed by atoms with Crippen LogP contribution < -0.4 is 10.5 Å². The second-order valence-electron chi connectivity index (χ2n) is 6.50. The zero-order valence-corrected chi connectivity index (χ0v) is 15.2. The van der Waals surface area contributed by atoms with E-state index in [0.717, 1.165) is 10.6 Å². The third-order valence-corrected chi connectivity index (χ3v) is 4.52. The molecule has 1 atom stereocenters. The van der Waals surface area contributed by atoms with Crippen LogP contribution in [-0.4, -0.2) is 54.2 Å². The molecule has 1 aliphatic heterocycles. The molecule has 2 N–H and O–H groups in total. The SMILES string of the molecule is CBNc1cccc2c(C(=O)NCC(=O)N3CC(F)(F)C[C@H]3C#N)ccnc12. The molecular weight excluding hydrogens is 367 g/mol. The Labute approximate surface area is 161 Å². The minimum atomic E-state index is -3.09. The van der Waals surface area contributed by atoms with Gasteiger partial charge in [-0.3, -0.25) is 14.6 Å². The number of para-hydroxylation sites is 1. The van der Waals surface area contributed by atoms with Crippen molar-refractivity contribution in [1.82, 2.24) is 15.2 Å². The van der Waals surface area contributed by atoms with Crippen molar-refractivity contribution in [2.75, 3.05) is 18.3 Å². The summed E-state index contributed by atoms with van der Waals surface area (Å²) in [5, 5.41) is 15.2. The highest BCUT2D eigenvalue weighted by atomic mass is 19.3. The molecule has 0 spiro atoms. The van der Waals surface area contributed by atoms with Gasteiger partial charge in [0.15, 0.2) is 0 Å². The number of nitrogens with one attached hydrogen (secondary N) is 2. The number of anilines is 1. The fraction of sp³-hybridized carbons (Fsp3) is 0.333. The highest BCUT2D eigenvalue weighted by molar-refractivity contribution is 6.39. The highest BCUT2D eigenvalue weighted by Crippen LogP contribution is 2.31. The Balaban J connectivity index is 1.75. The van der Waals surface area contributed by atoms with E-state index in [9.17, 15) is 18.4 Å². The molecule has 28 heavy (non-hydrogen) atoms. The van der Waals surface area contributed by atoms with Crippen molar-refractivity contribution < 1.29 is 18.4 Å². The van der Waals surface area contributed by atoms with E-state index in [2.05, 4.69) is 15.5 Å². The lowest BCUT2D eigenvalue weighted by atomic mass is 9.98. The molecule has 2 heterocycles. The highest BCUT2D eigenvalue weighted by Gasteiger charge is 2.47. The molecule has 1 aromatic heterocycles. The number of hydrogen-bond donors (Lipinski definition) is 2. The first kappa shape index (κ1) is 19.5. The normalized spacial score (nSPS) is 17.8. The Morgan fingerprint density at radius 1 is 1.43 bits per heavy atom. The second kappa shape index (κ2) is 7.80. The van der Waals surface area contributed by atoms with Gasteiger partial charge in [0.1, 0.15) is 6.04 Å². The molecule has 0 unspecified atom stereocenters. The van der Waals surface area contributed by atoms with Crippen LogP contribution in [-0.2, 0) is 4.79 Å². The summed E-state index contributed by atoms with van der Waals surface area (Å²) in [7, 11) is 0.687. The summed E-state index contributed by atoms with van der Waals surface area (Å²) in [5.41, 5.74) is 1.72. The average Bonchev–Trinajstić information content (AvgIpc) is 3.00. The molecule has 0 aliphatic carbocycles. The van der Waals surface area contributed by atoms with E-state index >= 15 is 0 Å². The molecule has 1 aliphatic rings. The number of halogens is 2. The lowest BCUT2D eigenvalue weighted by Crippen LogP contribution is -2.43. The van der Waals surface area contributed by atoms with E-state index in [1.54, 1.807) is 18.2 Å². The number of nitrogens with zero attached hydrogens (tertiary/aromatic N) is 3. The van der Waals surface area contributed by atoms with Gasteiger partial charge in [-0.25, -0.2) is 8.78 Å². The van der Waals surface area contributed by atoms with Crippen LogP contribution in [0.5, 0.6) is 0 Å². The van der Waals surface area contributed by atoms with Gasteiger partial charge in [-0.2, -0.15) is 5.26 Å². The molecule has 144 valence electrons. The predicted octanol–water partition coefficient (Wildman–Crippen LogP) is 1.54. The number of amides is 2. The van der Waals surface area contributed by atoms with Gasteiger partial charge >= 0.3 is 0 Å². The van der Waals surface area contributed by atoms with Gasteiger partial charge in [0.05, 0.1) is 30.2 Å². The van der Waals surface area contributed by atoms with Gasteiger partial charge < -0.3 is 15.4 Å². The van der Waals surface area contributed by atoms with Crippen LogP contribution in [0.15, 0.2) is 30.5 Å². The Kier molecular flexibility index (Phi) is 5.45. The molecule has 0 radical (unpaired) electrons. The quantitative estimate of drug-likeness (QED) is 0.761. The molecule has 1 fully saturated rings. The summed E-state index contributed by atoms with van der Waals surface area (Å²) in [6, 6.07) is 7.42. The molecule has 2 aromatic rings. The third kappa shape index (κ3) is 3.88. The van der Waals surface area contributed by atoms with Crippen molar-refractivity contribution in [2.45, 2.75) is 25.2 Å². The van der Waals surface area contributed by atoms with Gasteiger partial charge in [0, 0.05) is 23.7 Å². The van der Waals surface area contributed by atoms with Crippen molar-refractivity contribution in [2.24, 2.45) is 0 Å². The fourth-order valence-electron chi connectivity index (χ4n) is 3.25. The minimum absolute atomic E-state index is 0.320. The van der Waals surface area contributed by atoms with Crippen LogP contribution in [0.1, 0.15) is 16.8 Å². The van der Waals surface area contributed by atoms with Crippen LogP contribution in [0.3, 0.4) is 0 Å². The van der Waals surface area contributed by atoms with E-state index < -0.39 is 43.3 Å². The molecule has 3 rings (SSSR count). The van der Waals surface area contributed by atoms with Crippen molar-refractivity contribution in [3.8, 4) is 6.07 Å². The van der Waals surface area contributed by atoms with E-state index in [4.69, 9.17) is 5.26 Å². The molecule has 0 saturated carbocycles. The van der Waals surface area contributed by atoms with Crippen LogP contribution in [0, 0.1) is 11.3 Å². The Bertz CT molecular complexity index is 963. The molecule has 10 heteroatoms. The number of carbonyl (C=O) groups is 2. The van der Waals surface area contributed by atoms with Crippen molar-refractivity contribution in [3.63, 3.8) is 0 Å². The van der Waals surface area contributed by atoms with Crippen molar-refractivity contribution in [3.05, 3.63) is 36.0 Å². The minimum Gasteiger partial charge on any atom is -0.429 e. The van der Waals surface area contributed by atoms with Crippen molar-refractivity contribution in [1.29, 1.82) is 5.26 Å². The topological polar surface area (TPSA) is 98.1 Å². The number of benzene rings is 1. The van der Waals surface area contributed by atoms with Crippen molar-refractivity contribution >= 4 is 35.8 Å². The molecule has 1 saturated heterocycles. The summed E-state index contributed by atoms with van der Waals surface area (Å²) < 4.78 is 27.0. The average molecular weight is 385 g/mol. The van der Waals surface area contributed by atoms with Gasteiger partial charge in [0.2, 0.25) is 13.3 Å². The van der Waals surface area contributed by atoms with Crippen LogP contribution in [0.2, 0.25) is 6.82 Å². The van der Waals surface area contributed by atoms with Crippen LogP contribution >= 0.6 is 0 Å². The number of alkyl halides is 2. The van der Waals surface area contributed by atoms with Gasteiger partial charge in [0.25, 0.3) is 11.8 Å². The molecule has 7 nitrogen and oxygen atoms in total. The number of aromatic nitrogens is 1. The second-order valence-corrected chi connectivity index (χ2v) is 6.50. The molecule has 2 amide bonds. The maximum Gasteiger partial charge on any atom is 0.268 e. The summed E-state index contributed by atoms with van der Waals surface area (Å²) in [4.78, 5) is 29.9. The van der Waals surface area contributed by atoms with E-state index in [1.807, 2.05) is 12.9 Å². The summed E-state index contributed by atoms with van der Waals surface area (Å²) in [6.45, 7) is 0.658. The first-order chi connectivity index (χ1) is 13.4. The van der Waals surface area contributed by atoms with E-state index in [-0.39, 0.29) is 0 Å². The summed E-state index contributed by atoms with van der Waals surface area (Å²) >= 11 is 0. The largest absolute Gasteiger partial charge is 0.429 e. The zero-order chi connectivity index (χ0) is 20.3. The number of carbonyl (C=O) groups excluding carboxylic acids is 2. The van der Waals surface area contributed by atoms with Gasteiger partial charge in [-0.05, 0) is 12.1 Å². The Morgan fingerprint density at radius 3 is 2.93 bits per heavy atom. The number of fused-ring (bicyclic) bond motifs is 1. The molecular formula is C18H18BF2N5O2. The number of rotatable bonds is 5. The maximum atomic E-state index is 13.5. The standard InChI is InChI=1S/C18H18BF2N5O2/c1-19-25-14-4-2-3-12-13(5-6-23-16(12)14)17(28)24-9-15(27)26-10-18(20,21)7-11(26)8-22/h2-6,11,19,25H,7,9-10H2,1H3,(H,24,28)/t11-/m0/s1. The monoisotopic (exact) mass is 385 g/mol. The lowest BCUT2D eigenvalue weighted by molar-refractivity contribution is -0.131. The fourth-order valence-corrected chi connectivity index (χ4v) is 3.25. The Morgan fingerprint density at radius 2 is 2.21 bits per heavy atom. The van der Waals surface area contributed by atoms with Gasteiger partial charge in [-0.15, -0.1) is 0 Å². The number of hydrogen-bond acceptors (Lipinski definition) is 5. The predicted molar refractivity (Wildman–Crippen MR) is 101 cm³/mol. The van der Waals surface area contributed by atoms with Gasteiger partial charge in [-0.1, -0.05) is 19.0 Å². The number of nitriles is 1. The lowest BCUT2D eigenvalue weighted by Gasteiger charge is -2.19. The molecule has 1 aromatic carbocycles. The smallest absolute Gasteiger partial charge is 0.268 e. The van der Waals surface area contributed by atoms with E-state index in [0.29, 0.717) is 23.9 Å². The van der Waals surface area contributed by atoms with Crippen LogP contribution in [0.4, 0.5) is 14.5 Å². The summed E-state index contributed by atoms with van der Waals surface area (Å²) in [6.07, 6.45) is 0.804. The number of pyridine rings is 1. The molecule has 0 bridgehead atoms.